The SMILES string of the molecule is CCC(C)C(C(=O)OC(C)C(=O)NC(C)(C#N)C(C)C)c1ccccc1. The second kappa shape index (κ2) is 9.38. The van der Waals surface area contributed by atoms with Gasteiger partial charge < -0.3 is 10.1 Å². The Hall–Kier alpha value is -2.35. The van der Waals surface area contributed by atoms with E-state index in [1.807, 2.05) is 58.0 Å². The van der Waals surface area contributed by atoms with Crippen LogP contribution < -0.4 is 5.32 Å². The minimum Gasteiger partial charge on any atom is -0.452 e. The van der Waals surface area contributed by atoms with Crippen LogP contribution in [0.2, 0.25) is 0 Å². The number of nitriles is 1. The smallest absolute Gasteiger partial charge is 0.314 e. The topological polar surface area (TPSA) is 79.2 Å². The van der Waals surface area contributed by atoms with E-state index in [1.54, 1.807) is 6.92 Å². The molecule has 0 aromatic heterocycles. The first-order valence-electron chi connectivity index (χ1n) is 9.15. The Bertz CT molecular complexity index is 651. The van der Waals surface area contributed by atoms with E-state index in [2.05, 4.69) is 11.4 Å². The first-order valence-corrected chi connectivity index (χ1v) is 9.15. The lowest BCUT2D eigenvalue weighted by Gasteiger charge is -2.29. The van der Waals surface area contributed by atoms with Gasteiger partial charge in [0.05, 0.1) is 12.0 Å². The van der Waals surface area contributed by atoms with Gasteiger partial charge in [0.15, 0.2) is 6.10 Å². The zero-order chi connectivity index (χ0) is 19.9. The number of hydrogen-bond donors (Lipinski definition) is 1. The molecule has 0 aliphatic carbocycles. The highest BCUT2D eigenvalue weighted by atomic mass is 16.5. The number of carbonyl (C=O) groups is 2. The minimum atomic E-state index is -1.01. The van der Waals surface area contributed by atoms with E-state index in [0.29, 0.717) is 0 Å². The van der Waals surface area contributed by atoms with E-state index in [1.165, 1.54) is 6.92 Å². The van der Waals surface area contributed by atoms with Crippen LogP contribution in [0.25, 0.3) is 0 Å². The minimum absolute atomic E-state index is 0.0727. The third-order valence-corrected chi connectivity index (χ3v) is 5.06. The van der Waals surface area contributed by atoms with Gasteiger partial charge in [0, 0.05) is 0 Å². The van der Waals surface area contributed by atoms with Gasteiger partial charge >= 0.3 is 5.97 Å². The molecular weight excluding hydrogens is 328 g/mol. The molecule has 0 aliphatic rings. The predicted octanol–water partition coefficient (Wildman–Crippen LogP) is 3.80. The van der Waals surface area contributed by atoms with Crippen LogP contribution in [0.3, 0.4) is 0 Å². The maximum absolute atomic E-state index is 12.8. The van der Waals surface area contributed by atoms with E-state index in [-0.39, 0.29) is 11.8 Å². The van der Waals surface area contributed by atoms with Gasteiger partial charge in [0.2, 0.25) is 0 Å². The number of ether oxygens (including phenoxy) is 1. The lowest BCUT2D eigenvalue weighted by molar-refractivity contribution is -0.158. The lowest BCUT2D eigenvalue weighted by atomic mass is 9.85. The summed E-state index contributed by atoms with van der Waals surface area (Å²) in [5.41, 5.74) is -0.128. The molecule has 0 fully saturated rings. The maximum atomic E-state index is 12.8. The number of benzene rings is 1. The van der Waals surface area contributed by atoms with Crippen molar-refractivity contribution in [3.8, 4) is 6.07 Å². The summed E-state index contributed by atoms with van der Waals surface area (Å²) >= 11 is 0. The van der Waals surface area contributed by atoms with E-state index in [0.717, 1.165) is 12.0 Å². The van der Waals surface area contributed by atoms with E-state index in [4.69, 9.17) is 4.74 Å². The summed E-state index contributed by atoms with van der Waals surface area (Å²) in [7, 11) is 0. The Labute approximate surface area is 156 Å². The Morgan fingerprint density at radius 3 is 2.23 bits per heavy atom. The fourth-order valence-corrected chi connectivity index (χ4v) is 2.55. The molecule has 5 nitrogen and oxygen atoms in total. The second-order valence-electron chi connectivity index (χ2n) is 7.31. The van der Waals surface area contributed by atoms with Gasteiger partial charge in [0.25, 0.3) is 5.91 Å². The van der Waals surface area contributed by atoms with Gasteiger partial charge in [-0.15, -0.1) is 0 Å². The zero-order valence-corrected chi connectivity index (χ0v) is 16.6. The number of nitrogens with one attached hydrogen (secondary N) is 1. The van der Waals surface area contributed by atoms with Gasteiger partial charge in [-0.05, 0) is 31.2 Å². The maximum Gasteiger partial charge on any atom is 0.314 e. The van der Waals surface area contributed by atoms with Crippen LogP contribution in [0.5, 0.6) is 0 Å². The summed E-state index contributed by atoms with van der Waals surface area (Å²) < 4.78 is 5.46. The molecule has 1 aromatic rings. The molecule has 1 aromatic carbocycles. The molecule has 5 heteroatoms. The molecule has 1 amide bonds. The van der Waals surface area contributed by atoms with Crippen molar-refractivity contribution in [2.75, 3.05) is 0 Å². The van der Waals surface area contributed by atoms with Crippen molar-refractivity contribution < 1.29 is 14.3 Å². The monoisotopic (exact) mass is 358 g/mol. The van der Waals surface area contributed by atoms with E-state index in [9.17, 15) is 14.9 Å². The molecular formula is C21H30N2O3. The van der Waals surface area contributed by atoms with Crippen molar-refractivity contribution in [3.05, 3.63) is 35.9 Å². The number of amides is 1. The summed E-state index contributed by atoms with van der Waals surface area (Å²) in [6, 6.07) is 11.6. The highest BCUT2D eigenvalue weighted by Crippen LogP contribution is 2.28. The zero-order valence-electron chi connectivity index (χ0n) is 16.6. The normalized spacial score (nSPS) is 16.7. The molecule has 0 radical (unpaired) electrons. The molecule has 0 bridgehead atoms. The van der Waals surface area contributed by atoms with E-state index >= 15 is 0 Å². The fraction of sp³-hybridized carbons (Fsp3) is 0.571. The largest absolute Gasteiger partial charge is 0.452 e. The standard InChI is InChI=1S/C21H30N2O3/c1-7-15(4)18(17-11-9-8-10-12-17)20(25)26-16(5)19(24)23-21(6,13-22)14(2)3/h8-12,14-16,18H,7H2,1-6H3,(H,23,24). The van der Waals surface area contributed by atoms with Crippen LogP contribution >= 0.6 is 0 Å². The van der Waals surface area contributed by atoms with Crippen molar-refractivity contribution in [2.45, 2.75) is 65.5 Å². The van der Waals surface area contributed by atoms with Gasteiger partial charge in [-0.25, -0.2) is 0 Å². The second-order valence-corrected chi connectivity index (χ2v) is 7.31. The first-order chi connectivity index (χ1) is 12.2. The Morgan fingerprint density at radius 2 is 1.77 bits per heavy atom. The molecule has 4 atom stereocenters. The first kappa shape index (κ1) is 21.7. The van der Waals surface area contributed by atoms with E-state index < -0.39 is 29.4 Å². The highest BCUT2D eigenvalue weighted by Gasteiger charge is 2.34. The number of rotatable bonds is 8. The lowest BCUT2D eigenvalue weighted by Crippen LogP contribution is -2.52. The summed E-state index contributed by atoms with van der Waals surface area (Å²) in [5.74, 6) is -1.30. The summed E-state index contributed by atoms with van der Waals surface area (Å²) in [4.78, 5) is 25.2. The Morgan fingerprint density at radius 1 is 1.19 bits per heavy atom. The van der Waals surface area contributed by atoms with Crippen LogP contribution in [-0.4, -0.2) is 23.5 Å². The van der Waals surface area contributed by atoms with Gasteiger partial charge in [0.1, 0.15) is 5.54 Å². The van der Waals surface area contributed by atoms with Crippen LogP contribution in [-0.2, 0) is 14.3 Å². The van der Waals surface area contributed by atoms with Crippen molar-refractivity contribution in [1.29, 1.82) is 5.26 Å². The average Bonchev–Trinajstić information content (AvgIpc) is 2.62. The van der Waals surface area contributed by atoms with Crippen molar-refractivity contribution >= 4 is 11.9 Å². The molecule has 4 unspecified atom stereocenters. The molecule has 0 aliphatic heterocycles. The average molecular weight is 358 g/mol. The number of nitrogens with zero attached hydrogens (tertiary/aromatic N) is 1. The van der Waals surface area contributed by atoms with Crippen molar-refractivity contribution in [1.82, 2.24) is 5.32 Å². The van der Waals surface area contributed by atoms with Crippen molar-refractivity contribution in [2.24, 2.45) is 11.8 Å². The molecule has 1 N–H and O–H groups in total. The predicted molar refractivity (Wildman–Crippen MR) is 101 cm³/mol. The quantitative estimate of drug-likeness (QED) is 0.717. The van der Waals surface area contributed by atoms with Gasteiger partial charge in [-0.3, -0.25) is 9.59 Å². The third-order valence-electron chi connectivity index (χ3n) is 5.06. The Balaban J connectivity index is 2.89. The summed E-state index contributed by atoms with van der Waals surface area (Å²) in [6.07, 6.45) is -0.154. The molecule has 0 heterocycles. The number of hydrogen-bond acceptors (Lipinski definition) is 4. The molecule has 0 spiro atoms. The van der Waals surface area contributed by atoms with Gasteiger partial charge in [-0.2, -0.15) is 5.26 Å². The molecule has 142 valence electrons. The molecule has 0 saturated carbocycles. The third kappa shape index (κ3) is 5.32. The Kier molecular flexibility index (Phi) is 7.82. The van der Waals surface area contributed by atoms with Crippen LogP contribution in [0, 0.1) is 23.2 Å². The number of esters is 1. The molecule has 1 rings (SSSR count). The van der Waals surface area contributed by atoms with Crippen LogP contribution in [0.15, 0.2) is 30.3 Å². The van der Waals surface area contributed by atoms with Gasteiger partial charge in [-0.1, -0.05) is 64.4 Å². The summed E-state index contributed by atoms with van der Waals surface area (Å²) in [6.45, 7) is 10.9. The van der Waals surface area contributed by atoms with Crippen molar-refractivity contribution in [3.63, 3.8) is 0 Å². The fourth-order valence-electron chi connectivity index (χ4n) is 2.55. The molecule has 0 saturated heterocycles. The molecule has 26 heavy (non-hydrogen) atoms. The number of carbonyl (C=O) groups excluding carboxylic acids is 2. The van der Waals surface area contributed by atoms with Crippen LogP contribution in [0.1, 0.15) is 59.4 Å². The highest BCUT2D eigenvalue weighted by molar-refractivity contribution is 5.86. The van der Waals surface area contributed by atoms with Crippen LogP contribution in [0.4, 0.5) is 0 Å². The summed E-state index contributed by atoms with van der Waals surface area (Å²) in [5, 5.41) is 12.0.